The van der Waals surface area contributed by atoms with Crippen LogP contribution in [0.15, 0.2) is 11.6 Å². The average molecular weight is 226 g/mol. The second kappa shape index (κ2) is 4.61. The Morgan fingerprint density at radius 3 is 2.69 bits per heavy atom. The summed E-state index contributed by atoms with van der Waals surface area (Å²) in [5.41, 5.74) is -0.676. The van der Waals surface area contributed by atoms with Crippen molar-refractivity contribution in [3.05, 3.63) is 16.6 Å². The molecule has 1 heterocycles. The van der Waals surface area contributed by atoms with E-state index in [0.29, 0.717) is 0 Å². The number of carbonyl (C=O) groups excluding carboxylic acids is 2. The van der Waals surface area contributed by atoms with Gasteiger partial charge in [0.1, 0.15) is 0 Å². The van der Waals surface area contributed by atoms with Crippen molar-refractivity contribution in [3.8, 4) is 0 Å². The molecule has 0 aromatic heterocycles. The molecule has 7 nitrogen and oxygen atoms in total. The number of imide groups is 1. The highest BCUT2D eigenvalue weighted by Crippen LogP contribution is 2.20. The largest absolute Gasteiger partial charge is 0.527 e. The number of methoxy groups -OCH3 is 1. The molecule has 1 rings (SSSR count). The molecule has 1 aliphatic heterocycles. The van der Waals surface area contributed by atoms with Crippen LogP contribution in [0.1, 0.15) is 13.3 Å². The van der Waals surface area contributed by atoms with Crippen LogP contribution in [0.3, 0.4) is 0 Å². The second-order valence-electron chi connectivity index (χ2n) is 3.58. The minimum Gasteiger partial charge on any atom is -0.475 e. The Balaban J connectivity index is 2.95. The van der Waals surface area contributed by atoms with E-state index in [1.165, 1.54) is 0 Å². The van der Waals surface area contributed by atoms with Gasteiger partial charge in [0.15, 0.2) is 4.98 Å². The van der Waals surface area contributed by atoms with Gasteiger partial charge in [-0.15, -0.1) is 0 Å². The fraction of sp³-hybridized carbons (Fsp3) is 0.556. The number of hydrogen-bond donors (Lipinski definition) is 1. The van der Waals surface area contributed by atoms with Gasteiger partial charge < -0.3 is 9.84 Å². The lowest BCUT2D eigenvalue weighted by Crippen LogP contribution is -2.33. The maximum Gasteiger partial charge on any atom is 0.527 e. The molecule has 2 amide bonds. The molecule has 1 fully saturated rings. The van der Waals surface area contributed by atoms with Crippen LogP contribution in [0.5, 0.6) is 0 Å². The average Bonchev–Trinajstić information content (AvgIpc) is 2.58. The summed E-state index contributed by atoms with van der Waals surface area (Å²) < 4.78 is 4.37. The topological polar surface area (TPSA) is 95.0 Å². The molecule has 0 saturated carbocycles. The summed E-state index contributed by atoms with van der Waals surface area (Å²) in [5.74, 6) is -1.99. The first-order chi connectivity index (χ1) is 7.51. The summed E-state index contributed by atoms with van der Waals surface area (Å²) in [6.07, 6.45) is 0.262. The van der Waals surface area contributed by atoms with Crippen LogP contribution in [-0.2, 0) is 14.3 Å². The quantitative estimate of drug-likeness (QED) is 0.422. The molecule has 0 spiro atoms. The van der Waals surface area contributed by atoms with Crippen LogP contribution < -0.4 is 0 Å². The molecule has 86 valence electrons. The predicted octanol–water partition coefficient (Wildman–Crippen LogP) is 0.608. The number of amides is 2. The minimum atomic E-state index is -0.865. The van der Waals surface area contributed by atoms with Crippen LogP contribution in [0.4, 0.5) is 0 Å². The van der Waals surface area contributed by atoms with Crippen molar-refractivity contribution >= 4 is 11.8 Å². The summed E-state index contributed by atoms with van der Waals surface area (Å²) >= 11 is 0. The Kier molecular flexibility index (Phi) is 3.45. The molecule has 1 atom stereocenters. The Hall–Kier alpha value is -2.10. The maximum absolute atomic E-state index is 11.7. The third-order valence-electron chi connectivity index (χ3n) is 2.26. The van der Waals surface area contributed by atoms with Gasteiger partial charge in [0.05, 0.1) is 7.11 Å². The van der Waals surface area contributed by atoms with E-state index in [-0.39, 0.29) is 24.8 Å². The highest BCUT2D eigenvalue weighted by Gasteiger charge is 2.41. The van der Waals surface area contributed by atoms with E-state index in [4.69, 9.17) is 10.5 Å². The van der Waals surface area contributed by atoms with Crippen molar-refractivity contribution in [2.24, 2.45) is 5.92 Å². The van der Waals surface area contributed by atoms with E-state index in [1.807, 2.05) is 6.92 Å². The lowest BCUT2D eigenvalue weighted by Gasteiger charge is -2.08. The van der Waals surface area contributed by atoms with Crippen LogP contribution in [0, 0.1) is 11.3 Å². The molecule has 1 N–H and O–H groups in total. The number of diazo groups is 1. The number of nitrogens with zero attached hydrogens (tertiary/aromatic N) is 3. The fourth-order valence-electron chi connectivity index (χ4n) is 1.48. The van der Waals surface area contributed by atoms with Crippen molar-refractivity contribution in [1.82, 2.24) is 4.90 Å². The van der Waals surface area contributed by atoms with Gasteiger partial charge in [-0.05, 0) is 5.92 Å². The van der Waals surface area contributed by atoms with E-state index in [9.17, 15) is 9.59 Å². The first-order valence-corrected chi connectivity index (χ1v) is 4.68. The van der Waals surface area contributed by atoms with Crippen molar-refractivity contribution in [3.63, 3.8) is 0 Å². The zero-order valence-electron chi connectivity index (χ0n) is 9.01. The van der Waals surface area contributed by atoms with Crippen molar-refractivity contribution in [2.75, 3.05) is 13.7 Å². The molecule has 1 saturated heterocycles. The van der Waals surface area contributed by atoms with E-state index >= 15 is 0 Å². The number of aliphatic hydroxyl groups is 1. The summed E-state index contributed by atoms with van der Waals surface area (Å²) in [7, 11) is 1.11. The second-order valence-corrected chi connectivity index (χ2v) is 3.58. The highest BCUT2D eigenvalue weighted by molar-refractivity contribution is 6.06. The summed E-state index contributed by atoms with van der Waals surface area (Å²) in [6, 6.07) is 0. The zero-order valence-corrected chi connectivity index (χ0v) is 9.01. The molecule has 0 aromatic rings. The standard InChI is InChI=1S/C9H11N3O4/c1-5-3-6(13)12(4-5)8(14)7(11-10)9(15)16-2/h5H,3-4H2,1-2H3/p+1. The van der Waals surface area contributed by atoms with Crippen LogP contribution >= 0.6 is 0 Å². The van der Waals surface area contributed by atoms with Crippen molar-refractivity contribution in [1.29, 1.82) is 5.39 Å². The van der Waals surface area contributed by atoms with Crippen molar-refractivity contribution in [2.45, 2.75) is 13.3 Å². The number of carbonyl (C=O) groups is 2. The predicted molar refractivity (Wildman–Crippen MR) is 52.2 cm³/mol. The number of ether oxygens (including phenoxy) is 1. The van der Waals surface area contributed by atoms with E-state index in [2.05, 4.69) is 9.71 Å². The van der Waals surface area contributed by atoms with E-state index < -0.39 is 17.5 Å². The number of hydrogen-bond acceptors (Lipinski definition) is 5. The van der Waals surface area contributed by atoms with Crippen LogP contribution in [-0.4, -0.2) is 35.5 Å². The van der Waals surface area contributed by atoms with Gasteiger partial charge in [0.25, 0.3) is 0 Å². The molecule has 1 unspecified atom stereocenters. The van der Waals surface area contributed by atoms with Gasteiger partial charge in [0, 0.05) is 13.0 Å². The normalized spacial score (nSPS) is 21.4. The molecular formula is C9H12N3O4+. The lowest BCUT2D eigenvalue weighted by molar-refractivity contribution is -0.139. The number of aliphatic hydroxyl groups excluding tert-OH is 1. The van der Waals surface area contributed by atoms with E-state index in [0.717, 1.165) is 12.0 Å². The van der Waals surface area contributed by atoms with Gasteiger partial charge in [0.2, 0.25) is 11.3 Å². The summed E-state index contributed by atoms with van der Waals surface area (Å²) in [4.78, 5) is 26.6. The number of likely N-dealkylation sites (tertiary alicyclic amines) is 1. The molecule has 0 aromatic carbocycles. The third-order valence-corrected chi connectivity index (χ3v) is 2.26. The molecular weight excluding hydrogens is 214 g/mol. The Bertz CT molecular complexity index is 396. The molecule has 0 radical (unpaired) electrons. The van der Waals surface area contributed by atoms with Gasteiger partial charge in [-0.25, -0.2) is 0 Å². The summed E-state index contributed by atoms with van der Waals surface area (Å²) in [6.45, 7) is 2.06. The van der Waals surface area contributed by atoms with Gasteiger partial charge in [-0.1, -0.05) is 6.92 Å². The fourth-order valence-corrected chi connectivity index (χ4v) is 1.48. The Labute approximate surface area is 91.9 Å². The van der Waals surface area contributed by atoms with Gasteiger partial charge >= 0.3 is 17.5 Å². The van der Waals surface area contributed by atoms with E-state index in [1.54, 1.807) is 0 Å². The van der Waals surface area contributed by atoms with Gasteiger partial charge in [-0.2, -0.15) is 0 Å². The maximum atomic E-state index is 11.7. The highest BCUT2D eigenvalue weighted by atomic mass is 16.6. The Morgan fingerprint density at radius 2 is 2.31 bits per heavy atom. The molecule has 0 bridgehead atoms. The first kappa shape index (κ1) is 12.0. The monoisotopic (exact) mass is 226 g/mol. The summed E-state index contributed by atoms with van der Waals surface area (Å²) in [5, 5.41) is 17.7. The molecule has 7 heteroatoms. The van der Waals surface area contributed by atoms with Crippen molar-refractivity contribution < 1.29 is 19.4 Å². The Morgan fingerprint density at radius 1 is 1.69 bits per heavy atom. The smallest absolute Gasteiger partial charge is 0.475 e. The van der Waals surface area contributed by atoms with Crippen LogP contribution in [0.25, 0.3) is 4.98 Å². The zero-order chi connectivity index (χ0) is 12.3. The lowest BCUT2D eigenvalue weighted by atomic mass is 10.2. The van der Waals surface area contributed by atoms with Crippen LogP contribution in [0.2, 0.25) is 0 Å². The molecule has 1 aliphatic rings. The third kappa shape index (κ3) is 2.11. The first-order valence-electron chi connectivity index (χ1n) is 4.68. The minimum absolute atomic E-state index is 0.0566. The number of rotatable bonds is 2. The molecule has 0 aliphatic carbocycles. The molecule has 16 heavy (non-hydrogen) atoms. The SMILES string of the molecule is CO/C(O)=C(\[N+]#N)C(=O)N1CC(C)CC1=O. The van der Waals surface area contributed by atoms with Gasteiger partial charge in [-0.3, -0.25) is 14.5 Å².